The number of anilines is 3. The Morgan fingerprint density at radius 3 is 2.67 bits per heavy atom. The van der Waals surface area contributed by atoms with E-state index in [0.29, 0.717) is 41.6 Å². The highest BCUT2D eigenvalue weighted by molar-refractivity contribution is 7.17. The van der Waals surface area contributed by atoms with Crippen molar-refractivity contribution in [1.82, 2.24) is 29.9 Å². The largest absolute Gasteiger partial charge is 0.352 e. The van der Waals surface area contributed by atoms with E-state index in [0.717, 1.165) is 23.3 Å². The molecule has 2 saturated carbocycles. The maximum atomic E-state index is 13.4. The van der Waals surface area contributed by atoms with Crippen LogP contribution >= 0.6 is 11.3 Å². The van der Waals surface area contributed by atoms with Crippen LogP contribution in [0.2, 0.25) is 0 Å². The minimum absolute atomic E-state index is 0.0526. The molecule has 0 saturated heterocycles. The Labute approximate surface area is 230 Å². The van der Waals surface area contributed by atoms with Gasteiger partial charge in [-0.1, -0.05) is 0 Å². The van der Waals surface area contributed by atoms with E-state index in [1.54, 1.807) is 17.9 Å². The number of aromatic nitrogens is 5. The average molecular weight is 581 g/mol. The third-order valence-electron chi connectivity index (χ3n) is 7.70. The molecule has 10 nitrogen and oxygen atoms in total. The topological polar surface area (TPSA) is 119 Å². The van der Waals surface area contributed by atoms with Gasteiger partial charge in [-0.2, -0.15) is 5.10 Å². The van der Waals surface area contributed by atoms with Gasteiger partial charge in [0.05, 0.1) is 5.56 Å². The van der Waals surface area contributed by atoms with Crippen LogP contribution in [-0.4, -0.2) is 48.8 Å². The van der Waals surface area contributed by atoms with Crippen molar-refractivity contribution < 1.29 is 27.2 Å². The molecule has 2 fully saturated rings. The predicted molar refractivity (Wildman–Crippen MR) is 138 cm³/mol. The van der Waals surface area contributed by atoms with Crippen LogP contribution in [-0.2, 0) is 24.7 Å². The first-order chi connectivity index (χ1) is 19.1. The van der Waals surface area contributed by atoms with E-state index < -0.39 is 18.3 Å². The summed E-state index contributed by atoms with van der Waals surface area (Å²) >= 11 is 1.38. The Morgan fingerprint density at radius 1 is 1.23 bits per heavy atom. The average Bonchev–Trinajstić information content (AvgIpc) is 3.38. The van der Waals surface area contributed by atoms with Crippen LogP contribution < -0.4 is 16.0 Å². The van der Waals surface area contributed by atoms with Crippen LogP contribution in [0.3, 0.4) is 0 Å². The number of hydrogen-bond donors (Lipinski definition) is 3. The molecule has 40 heavy (non-hydrogen) atoms. The van der Waals surface area contributed by atoms with Crippen LogP contribution in [0.5, 0.6) is 0 Å². The van der Waals surface area contributed by atoms with Gasteiger partial charge in [-0.25, -0.2) is 17.6 Å². The predicted octanol–water partition coefficient (Wildman–Crippen LogP) is 4.61. The molecule has 0 spiro atoms. The van der Waals surface area contributed by atoms with Gasteiger partial charge in [0.25, 0.3) is 12.3 Å². The minimum Gasteiger partial charge on any atom is -0.352 e. The number of nitrogens with one attached hydrogen (secondary N) is 3. The molecule has 0 radical (unpaired) electrons. The zero-order chi connectivity index (χ0) is 28.2. The number of carbonyl (C=O) groups is 2. The Bertz CT molecular complexity index is 1440. The molecule has 1 atom stereocenters. The zero-order valence-electron chi connectivity index (χ0n) is 21.6. The molecule has 2 amide bonds. The van der Waals surface area contributed by atoms with Crippen molar-refractivity contribution in [1.29, 1.82) is 0 Å². The number of aryl methyl sites for hydroxylation is 2. The van der Waals surface area contributed by atoms with Gasteiger partial charge in [0.15, 0.2) is 0 Å². The molecule has 0 aromatic carbocycles. The zero-order valence-corrected chi connectivity index (χ0v) is 22.4. The molecule has 15 heteroatoms. The van der Waals surface area contributed by atoms with Gasteiger partial charge >= 0.3 is 0 Å². The number of nitrogens with zero attached hydrogens (tertiary/aromatic N) is 5. The molecule has 3 N–H and O–H groups in total. The maximum Gasteiger partial charge on any atom is 0.282 e. The van der Waals surface area contributed by atoms with Gasteiger partial charge in [0.1, 0.15) is 22.8 Å². The maximum absolute atomic E-state index is 13.4. The second-order valence-corrected chi connectivity index (χ2v) is 11.9. The fraction of sp³-hybridized carbons (Fsp3) is 0.560. The van der Waals surface area contributed by atoms with Crippen molar-refractivity contribution in [2.24, 2.45) is 18.9 Å². The van der Waals surface area contributed by atoms with Crippen molar-refractivity contribution >= 4 is 39.9 Å². The molecule has 0 aliphatic heterocycles. The van der Waals surface area contributed by atoms with Crippen LogP contribution in [0, 0.1) is 11.8 Å². The number of amides is 2. The van der Waals surface area contributed by atoms with Crippen LogP contribution in [0.1, 0.15) is 71.1 Å². The number of halogens is 4. The second-order valence-electron chi connectivity index (χ2n) is 10.8. The summed E-state index contributed by atoms with van der Waals surface area (Å²) in [5.41, 5.74) is 0.809. The van der Waals surface area contributed by atoms with E-state index >= 15 is 0 Å². The quantitative estimate of drug-likeness (QED) is 0.318. The van der Waals surface area contributed by atoms with Gasteiger partial charge in [-0.3, -0.25) is 18.8 Å². The van der Waals surface area contributed by atoms with Crippen LogP contribution in [0.15, 0.2) is 12.4 Å². The lowest BCUT2D eigenvalue weighted by molar-refractivity contribution is -0.117. The van der Waals surface area contributed by atoms with Crippen molar-refractivity contribution in [3.05, 3.63) is 34.1 Å². The molecule has 214 valence electrons. The summed E-state index contributed by atoms with van der Waals surface area (Å²) < 4.78 is 55.9. The Morgan fingerprint density at radius 2 is 2.00 bits per heavy atom. The summed E-state index contributed by atoms with van der Waals surface area (Å²) in [4.78, 5) is 27.0. The molecule has 3 aliphatic carbocycles. The van der Waals surface area contributed by atoms with Crippen molar-refractivity contribution in [2.45, 2.75) is 63.3 Å². The first-order valence-corrected chi connectivity index (χ1v) is 14.0. The Balaban J connectivity index is 1.23. The number of rotatable bonds is 9. The molecule has 3 aromatic heterocycles. The number of hydrogen-bond acceptors (Lipinski definition) is 7. The normalized spacial score (nSPS) is 20.2. The lowest BCUT2D eigenvalue weighted by Crippen LogP contribution is -2.42. The Kier molecular flexibility index (Phi) is 6.79. The van der Waals surface area contributed by atoms with Crippen molar-refractivity contribution in [3.8, 4) is 0 Å². The van der Waals surface area contributed by atoms with Crippen LogP contribution in [0.4, 0.5) is 34.3 Å². The van der Waals surface area contributed by atoms with Crippen molar-refractivity contribution in [2.75, 3.05) is 17.2 Å². The van der Waals surface area contributed by atoms with E-state index in [1.165, 1.54) is 22.1 Å². The van der Waals surface area contributed by atoms with Gasteiger partial charge in [-0.15, -0.1) is 21.5 Å². The highest BCUT2D eigenvalue weighted by atomic mass is 32.1. The number of thiophene rings is 1. The van der Waals surface area contributed by atoms with E-state index in [9.17, 15) is 27.2 Å². The SMILES string of the molecule is Cn1nc(C(F)F)cc1Nc1nncn1[C@H]1CCc2sc(NC(=O)C3CC3)c(C(=O)NCC3CC(F)(F)C3)c2C1. The van der Waals surface area contributed by atoms with E-state index in [2.05, 4.69) is 31.2 Å². The highest BCUT2D eigenvalue weighted by Crippen LogP contribution is 2.44. The molecule has 3 aromatic rings. The van der Waals surface area contributed by atoms with Gasteiger partial charge in [-0.05, 0) is 43.6 Å². The lowest BCUT2D eigenvalue weighted by atomic mass is 9.81. The molecule has 3 heterocycles. The lowest BCUT2D eigenvalue weighted by Gasteiger charge is -2.34. The summed E-state index contributed by atoms with van der Waals surface area (Å²) in [5.74, 6) is -2.86. The smallest absolute Gasteiger partial charge is 0.282 e. The van der Waals surface area contributed by atoms with Gasteiger partial charge < -0.3 is 16.0 Å². The first-order valence-electron chi connectivity index (χ1n) is 13.2. The fourth-order valence-electron chi connectivity index (χ4n) is 5.37. The first kappa shape index (κ1) is 26.7. The van der Waals surface area contributed by atoms with E-state index in [-0.39, 0.29) is 48.9 Å². The fourth-order valence-corrected chi connectivity index (χ4v) is 6.62. The highest BCUT2D eigenvalue weighted by Gasteiger charge is 2.45. The van der Waals surface area contributed by atoms with Gasteiger partial charge in [0.2, 0.25) is 17.8 Å². The van der Waals surface area contributed by atoms with E-state index in [4.69, 9.17) is 0 Å². The number of alkyl halides is 4. The van der Waals surface area contributed by atoms with Crippen molar-refractivity contribution in [3.63, 3.8) is 0 Å². The monoisotopic (exact) mass is 580 g/mol. The molecule has 6 rings (SSSR count). The number of carbonyl (C=O) groups excluding carboxylic acids is 2. The molecule has 3 aliphatic rings. The summed E-state index contributed by atoms with van der Waals surface area (Å²) in [5, 5.41) is 21.2. The third kappa shape index (κ3) is 5.30. The third-order valence-corrected chi connectivity index (χ3v) is 8.91. The number of fused-ring (bicyclic) bond motifs is 1. The summed E-state index contributed by atoms with van der Waals surface area (Å²) in [7, 11) is 1.54. The molecular weight excluding hydrogens is 552 g/mol. The van der Waals surface area contributed by atoms with Gasteiger partial charge in [0, 0.05) is 49.3 Å². The standard InChI is InChI=1S/C25H28F4N8O2S/c1-36-18(7-16(35-36)20(26)27)32-24-34-31-11-37(24)14-4-5-17-15(6-14)19(23(40-17)33-21(38)13-2-3-13)22(39)30-10-12-8-25(28,29)9-12/h7,11-14,20H,2-6,8-10H2,1H3,(H,30,39)(H,32,34)(H,33,38)/t14-/m0/s1. The second kappa shape index (κ2) is 10.2. The summed E-state index contributed by atoms with van der Waals surface area (Å²) in [6.45, 7) is 0.142. The summed E-state index contributed by atoms with van der Waals surface area (Å²) in [6.07, 6.45) is 1.74. The Hall–Kier alpha value is -3.49. The minimum atomic E-state index is -2.71. The van der Waals surface area contributed by atoms with E-state index in [1.807, 2.05) is 0 Å². The summed E-state index contributed by atoms with van der Waals surface area (Å²) in [6, 6.07) is 1.09. The molecular formula is C25H28F4N8O2S. The molecule has 0 bridgehead atoms. The molecule has 0 unspecified atom stereocenters. The van der Waals surface area contributed by atoms with Crippen LogP contribution in [0.25, 0.3) is 0 Å².